The van der Waals surface area contributed by atoms with Crippen LogP contribution in [0, 0.1) is 5.82 Å². The average molecular weight is 344 g/mol. The molecule has 0 spiro atoms. The number of benzene rings is 2. The molecule has 1 unspecified atom stereocenters. The van der Waals surface area contributed by atoms with E-state index < -0.39 is 0 Å². The van der Waals surface area contributed by atoms with Gasteiger partial charge in [0.1, 0.15) is 5.82 Å². The third-order valence-corrected chi connectivity index (χ3v) is 3.52. The number of anilines is 1. The second-order valence-corrected chi connectivity index (χ2v) is 5.46. The lowest BCUT2D eigenvalue weighted by molar-refractivity contribution is 0.593. The Hall–Kier alpha value is -1.10. The van der Waals surface area contributed by atoms with Gasteiger partial charge < -0.3 is 11.1 Å². The zero-order valence-corrected chi connectivity index (χ0v) is 12.4. The molecular formula is C14H13BrClFN2. The molecule has 2 aromatic carbocycles. The van der Waals surface area contributed by atoms with Crippen molar-refractivity contribution in [1.29, 1.82) is 0 Å². The lowest BCUT2D eigenvalue weighted by atomic mass is 10.1. The van der Waals surface area contributed by atoms with Crippen LogP contribution in [-0.4, -0.2) is 6.54 Å². The van der Waals surface area contributed by atoms with Gasteiger partial charge in [0.15, 0.2) is 0 Å². The molecule has 1 atom stereocenters. The highest BCUT2D eigenvalue weighted by Crippen LogP contribution is 2.24. The Kier molecular flexibility index (Phi) is 4.80. The van der Waals surface area contributed by atoms with Gasteiger partial charge >= 0.3 is 0 Å². The van der Waals surface area contributed by atoms with Gasteiger partial charge in [0.05, 0.1) is 6.04 Å². The highest BCUT2D eigenvalue weighted by Gasteiger charge is 2.14. The first-order valence-electron chi connectivity index (χ1n) is 5.77. The third-order valence-electron chi connectivity index (χ3n) is 2.76. The van der Waals surface area contributed by atoms with Gasteiger partial charge in [0, 0.05) is 27.3 Å². The molecule has 0 heterocycles. The van der Waals surface area contributed by atoms with Crippen LogP contribution in [0.2, 0.25) is 5.02 Å². The van der Waals surface area contributed by atoms with Gasteiger partial charge in [-0.3, -0.25) is 0 Å². The molecule has 2 nitrogen and oxygen atoms in total. The highest BCUT2D eigenvalue weighted by molar-refractivity contribution is 9.10. The summed E-state index contributed by atoms with van der Waals surface area (Å²) in [6.07, 6.45) is 0. The summed E-state index contributed by atoms with van der Waals surface area (Å²) in [4.78, 5) is 0. The summed E-state index contributed by atoms with van der Waals surface area (Å²) < 4.78 is 14.9. The molecule has 3 N–H and O–H groups in total. The number of rotatable bonds is 4. The number of hydrogen-bond donors (Lipinski definition) is 2. The Morgan fingerprint density at radius 3 is 2.47 bits per heavy atom. The molecule has 0 aliphatic carbocycles. The monoisotopic (exact) mass is 342 g/mol. The standard InChI is InChI=1S/C14H13BrClFN2/c15-9-1-4-11(5-2-9)19-14(8-18)12-6-3-10(16)7-13(12)17/h1-7,14,19H,8,18H2. The minimum absolute atomic E-state index is 0.286. The highest BCUT2D eigenvalue weighted by atomic mass is 79.9. The van der Waals surface area contributed by atoms with Crippen LogP contribution in [0.4, 0.5) is 10.1 Å². The van der Waals surface area contributed by atoms with Crippen molar-refractivity contribution in [2.45, 2.75) is 6.04 Å². The van der Waals surface area contributed by atoms with E-state index in [2.05, 4.69) is 21.2 Å². The molecule has 0 fully saturated rings. The number of halogens is 3. The topological polar surface area (TPSA) is 38.0 Å². The fourth-order valence-electron chi connectivity index (χ4n) is 1.80. The fourth-order valence-corrected chi connectivity index (χ4v) is 2.22. The van der Waals surface area contributed by atoms with E-state index in [-0.39, 0.29) is 18.4 Å². The Morgan fingerprint density at radius 2 is 1.89 bits per heavy atom. The molecule has 0 aliphatic heterocycles. The van der Waals surface area contributed by atoms with Crippen LogP contribution in [0.3, 0.4) is 0 Å². The van der Waals surface area contributed by atoms with E-state index in [9.17, 15) is 4.39 Å². The van der Waals surface area contributed by atoms with Crippen LogP contribution in [0.1, 0.15) is 11.6 Å². The number of nitrogens with two attached hydrogens (primary N) is 1. The van der Waals surface area contributed by atoms with E-state index in [0.29, 0.717) is 10.6 Å². The Bertz CT molecular complexity index is 560. The maximum absolute atomic E-state index is 13.9. The molecule has 0 saturated heterocycles. The molecule has 0 aromatic heterocycles. The van der Waals surface area contributed by atoms with Gasteiger partial charge in [-0.1, -0.05) is 33.6 Å². The van der Waals surface area contributed by atoms with Crippen molar-refractivity contribution >= 4 is 33.2 Å². The van der Waals surface area contributed by atoms with Crippen molar-refractivity contribution < 1.29 is 4.39 Å². The van der Waals surface area contributed by atoms with E-state index in [0.717, 1.165) is 10.2 Å². The summed E-state index contributed by atoms with van der Waals surface area (Å²) in [6, 6.07) is 11.9. The molecule has 5 heteroatoms. The predicted octanol–water partition coefficient (Wildman–Crippen LogP) is 4.35. The minimum atomic E-state index is -0.354. The molecule has 0 amide bonds. The normalized spacial score (nSPS) is 12.2. The van der Waals surface area contributed by atoms with Crippen molar-refractivity contribution in [2.24, 2.45) is 5.73 Å². The first-order chi connectivity index (χ1) is 9.10. The number of hydrogen-bond acceptors (Lipinski definition) is 2. The van der Waals surface area contributed by atoms with Crippen LogP contribution in [0.25, 0.3) is 0 Å². The van der Waals surface area contributed by atoms with Crippen LogP contribution in [0.5, 0.6) is 0 Å². The second kappa shape index (κ2) is 6.37. The number of nitrogens with one attached hydrogen (secondary N) is 1. The van der Waals surface area contributed by atoms with Gasteiger partial charge in [-0.15, -0.1) is 0 Å². The predicted molar refractivity (Wildman–Crippen MR) is 81.0 cm³/mol. The van der Waals surface area contributed by atoms with Gasteiger partial charge in [0.2, 0.25) is 0 Å². The minimum Gasteiger partial charge on any atom is -0.377 e. The lowest BCUT2D eigenvalue weighted by Crippen LogP contribution is -2.21. The average Bonchev–Trinajstić information content (AvgIpc) is 2.39. The zero-order chi connectivity index (χ0) is 13.8. The SMILES string of the molecule is NCC(Nc1ccc(Br)cc1)c1ccc(Cl)cc1F. The Balaban J connectivity index is 2.22. The van der Waals surface area contributed by atoms with Crippen molar-refractivity contribution in [3.05, 3.63) is 63.3 Å². The van der Waals surface area contributed by atoms with Crippen molar-refractivity contribution in [3.63, 3.8) is 0 Å². The van der Waals surface area contributed by atoms with Crippen molar-refractivity contribution in [2.75, 3.05) is 11.9 Å². The van der Waals surface area contributed by atoms with E-state index in [1.807, 2.05) is 24.3 Å². The lowest BCUT2D eigenvalue weighted by Gasteiger charge is -2.19. The van der Waals surface area contributed by atoms with E-state index in [4.69, 9.17) is 17.3 Å². The summed E-state index contributed by atoms with van der Waals surface area (Å²) in [5.41, 5.74) is 7.11. The molecule has 0 radical (unpaired) electrons. The van der Waals surface area contributed by atoms with Gasteiger partial charge in [-0.2, -0.15) is 0 Å². The first-order valence-corrected chi connectivity index (χ1v) is 6.94. The summed E-state index contributed by atoms with van der Waals surface area (Å²) in [5, 5.41) is 3.58. The van der Waals surface area contributed by atoms with Crippen LogP contribution in [-0.2, 0) is 0 Å². The van der Waals surface area contributed by atoms with E-state index in [1.54, 1.807) is 12.1 Å². The summed E-state index contributed by atoms with van der Waals surface area (Å²) in [5.74, 6) is -0.354. The van der Waals surface area contributed by atoms with Crippen LogP contribution >= 0.6 is 27.5 Å². The molecule has 2 aromatic rings. The van der Waals surface area contributed by atoms with Gasteiger partial charge in [-0.05, 0) is 36.4 Å². The molecule has 100 valence electrons. The Morgan fingerprint density at radius 1 is 1.21 bits per heavy atom. The van der Waals surface area contributed by atoms with E-state index in [1.165, 1.54) is 6.07 Å². The molecule has 0 aliphatic rings. The maximum Gasteiger partial charge on any atom is 0.130 e. The fraction of sp³-hybridized carbons (Fsp3) is 0.143. The second-order valence-electron chi connectivity index (χ2n) is 4.11. The van der Waals surface area contributed by atoms with E-state index >= 15 is 0 Å². The summed E-state index contributed by atoms with van der Waals surface area (Å²) >= 11 is 9.11. The van der Waals surface area contributed by atoms with Crippen molar-refractivity contribution in [3.8, 4) is 0 Å². The molecular weight excluding hydrogens is 331 g/mol. The molecule has 0 bridgehead atoms. The maximum atomic E-state index is 13.9. The van der Waals surface area contributed by atoms with Gasteiger partial charge in [0.25, 0.3) is 0 Å². The molecule has 0 saturated carbocycles. The Labute approximate surface area is 124 Å². The van der Waals surface area contributed by atoms with Gasteiger partial charge in [-0.25, -0.2) is 4.39 Å². The van der Waals surface area contributed by atoms with Crippen LogP contribution in [0.15, 0.2) is 46.9 Å². The zero-order valence-electron chi connectivity index (χ0n) is 10.0. The summed E-state index contributed by atoms with van der Waals surface area (Å²) in [6.45, 7) is 0.286. The quantitative estimate of drug-likeness (QED) is 0.866. The van der Waals surface area contributed by atoms with Crippen LogP contribution < -0.4 is 11.1 Å². The molecule has 19 heavy (non-hydrogen) atoms. The molecule has 2 rings (SSSR count). The van der Waals surface area contributed by atoms with Crippen molar-refractivity contribution in [1.82, 2.24) is 0 Å². The largest absolute Gasteiger partial charge is 0.377 e. The summed E-state index contributed by atoms with van der Waals surface area (Å²) in [7, 11) is 0. The smallest absolute Gasteiger partial charge is 0.130 e. The first kappa shape index (κ1) is 14.3. The third kappa shape index (κ3) is 3.69.